The highest BCUT2D eigenvalue weighted by atomic mass is 16.4. The lowest BCUT2D eigenvalue weighted by Gasteiger charge is -2.34. The zero-order valence-electron chi connectivity index (χ0n) is 5.88. The van der Waals surface area contributed by atoms with Gasteiger partial charge in [0.1, 0.15) is 5.72 Å². The van der Waals surface area contributed by atoms with Crippen LogP contribution in [-0.4, -0.2) is 28.6 Å². The summed E-state index contributed by atoms with van der Waals surface area (Å²) >= 11 is 0. The molecule has 0 radical (unpaired) electrons. The summed E-state index contributed by atoms with van der Waals surface area (Å²) in [4.78, 5) is 0. The second-order valence-corrected chi connectivity index (χ2v) is 3.38. The van der Waals surface area contributed by atoms with E-state index in [1.165, 1.54) is 0 Å². The van der Waals surface area contributed by atoms with Crippen LogP contribution in [0, 0.1) is 5.92 Å². The second kappa shape index (κ2) is 1.94. The lowest BCUT2D eigenvalue weighted by Crippen LogP contribution is -2.56. The summed E-state index contributed by atoms with van der Waals surface area (Å²) in [6, 6.07) is 0. The van der Waals surface area contributed by atoms with Gasteiger partial charge >= 0.3 is 0 Å². The van der Waals surface area contributed by atoms with Crippen molar-refractivity contribution < 1.29 is 10.2 Å². The van der Waals surface area contributed by atoms with Gasteiger partial charge in [-0.25, -0.2) is 0 Å². The van der Waals surface area contributed by atoms with Crippen molar-refractivity contribution in [3.8, 4) is 0 Å². The Hall–Kier alpha value is -0.120. The van der Waals surface area contributed by atoms with Crippen LogP contribution in [0.2, 0.25) is 0 Å². The van der Waals surface area contributed by atoms with Crippen molar-refractivity contribution in [2.24, 2.45) is 5.92 Å². The first-order valence-electron chi connectivity index (χ1n) is 3.88. The minimum Gasteiger partial charge on any atom is -0.388 e. The molecule has 3 atom stereocenters. The molecule has 3 nitrogen and oxygen atoms in total. The van der Waals surface area contributed by atoms with E-state index in [4.69, 9.17) is 0 Å². The van der Waals surface area contributed by atoms with Crippen LogP contribution in [0.4, 0.5) is 0 Å². The zero-order chi connectivity index (χ0) is 7.19. The van der Waals surface area contributed by atoms with Crippen LogP contribution in [0.5, 0.6) is 0 Å². The predicted molar refractivity (Wildman–Crippen MR) is 36.3 cm³/mol. The van der Waals surface area contributed by atoms with Gasteiger partial charge in [0.25, 0.3) is 0 Å². The summed E-state index contributed by atoms with van der Waals surface area (Å²) in [5.41, 5.74) is -0.942. The number of hydrogen-bond acceptors (Lipinski definition) is 3. The monoisotopic (exact) mass is 143 g/mol. The molecular weight excluding hydrogens is 130 g/mol. The molecular formula is C7H13NO2. The van der Waals surface area contributed by atoms with E-state index in [0.717, 1.165) is 19.4 Å². The Labute approximate surface area is 60.1 Å². The first kappa shape index (κ1) is 6.58. The van der Waals surface area contributed by atoms with E-state index in [1.807, 2.05) is 0 Å². The van der Waals surface area contributed by atoms with Crippen LogP contribution >= 0.6 is 0 Å². The number of aliphatic hydroxyl groups excluding tert-OH is 1. The molecule has 10 heavy (non-hydrogen) atoms. The average Bonchev–Trinajstić information content (AvgIpc) is 2.18. The van der Waals surface area contributed by atoms with E-state index in [2.05, 4.69) is 5.32 Å². The van der Waals surface area contributed by atoms with E-state index in [9.17, 15) is 10.2 Å². The molecule has 1 heterocycles. The standard InChI is InChI=1S/C7H13NO2/c9-6-5-1-3-7(6,10)8-4-2-5/h5-6,8-10H,1-4H2. The lowest BCUT2D eigenvalue weighted by atomic mass is 9.96. The minimum absolute atomic E-state index is 0.339. The van der Waals surface area contributed by atoms with Gasteiger partial charge in [0.2, 0.25) is 0 Å². The molecule has 1 saturated heterocycles. The number of fused-ring (bicyclic) bond motifs is 2. The Balaban J connectivity index is 2.21. The number of nitrogens with one attached hydrogen (secondary N) is 1. The molecule has 0 aromatic rings. The van der Waals surface area contributed by atoms with Gasteiger partial charge in [0.05, 0.1) is 6.10 Å². The summed E-state index contributed by atoms with van der Waals surface area (Å²) in [7, 11) is 0. The van der Waals surface area contributed by atoms with E-state index < -0.39 is 11.8 Å². The molecule has 1 saturated carbocycles. The predicted octanol–water partition coefficient (Wildman–Crippen LogP) is -0.561. The normalized spacial score (nSPS) is 53.4. The highest BCUT2D eigenvalue weighted by molar-refractivity contribution is 4.99. The number of aliphatic hydroxyl groups is 2. The van der Waals surface area contributed by atoms with Gasteiger partial charge in [-0.2, -0.15) is 0 Å². The van der Waals surface area contributed by atoms with Crippen LogP contribution in [-0.2, 0) is 0 Å². The second-order valence-electron chi connectivity index (χ2n) is 3.38. The van der Waals surface area contributed by atoms with Crippen molar-refractivity contribution in [3.63, 3.8) is 0 Å². The molecule has 3 N–H and O–H groups in total. The third-order valence-electron chi connectivity index (χ3n) is 2.78. The molecule has 58 valence electrons. The number of piperidine rings is 1. The van der Waals surface area contributed by atoms with Crippen LogP contribution in [0.25, 0.3) is 0 Å². The summed E-state index contributed by atoms with van der Waals surface area (Å²) in [5.74, 6) is 0.339. The Bertz CT molecular complexity index is 147. The van der Waals surface area contributed by atoms with Crippen molar-refractivity contribution in [2.75, 3.05) is 6.54 Å². The SMILES string of the molecule is OC1C2CCNC1(O)CC2. The van der Waals surface area contributed by atoms with Crippen molar-refractivity contribution >= 4 is 0 Å². The van der Waals surface area contributed by atoms with Gasteiger partial charge in [-0.1, -0.05) is 0 Å². The average molecular weight is 143 g/mol. The zero-order valence-corrected chi connectivity index (χ0v) is 5.88. The third kappa shape index (κ3) is 0.713. The van der Waals surface area contributed by atoms with E-state index in [-0.39, 0.29) is 0 Å². The van der Waals surface area contributed by atoms with Crippen LogP contribution in [0.3, 0.4) is 0 Å². The van der Waals surface area contributed by atoms with Gasteiger partial charge in [-0.05, 0) is 31.7 Å². The van der Waals surface area contributed by atoms with Crippen molar-refractivity contribution in [1.29, 1.82) is 0 Å². The highest BCUT2D eigenvalue weighted by Gasteiger charge is 2.48. The topological polar surface area (TPSA) is 52.5 Å². The van der Waals surface area contributed by atoms with E-state index in [1.54, 1.807) is 0 Å². The molecule has 2 fully saturated rings. The molecule has 1 aliphatic heterocycles. The molecule has 1 aliphatic carbocycles. The summed E-state index contributed by atoms with van der Waals surface area (Å²) in [6.45, 7) is 0.845. The summed E-state index contributed by atoms with van der Waals surface area (Å²) in [5, 5.41) is 22.0. The summed E-state index contributed by atoms with van der Waals surface area (Å²) < 4.78 is 0. The third-order valence-corrected chi connectivity index (χ3v) is 2.78. The molecule has 2 rings (SSSR count). The maximum Gasteiger partial charge on any atom is 0.142 e. The molecule has 2 bridgehead atoms. The summed E-state index contributed by atoms with van der Waals surface area (Å²) in [6.07, 6.45) is 2.15. The Morgan fingerprint density at radius 1 is 1.40 bits per heavy atom. The van der Waals surface area contributed by atoms with Crippen LogP contribution < -0.4 is 5.32 Å². The van der Waals surface area contributed by atoms with Gasteiger partial charge in [0.15, 0.2) is 0 Å². The first-order valence-corrected chi connectivity index (χ1v) is 3.88. The van der Waals surface area contributed by atoms with Crippen molar-refractivity contribution in [2.45, 2.75) is 31.1 Å². The number of rotatable bonds is 0. The molecule has 2 aliphatic rings. The Morgan fingerprint density at radius 3 is 2.80 bits per heavy atom. The Kier molecular flexibility index (Phi) is 1.27. The molecule has 0 spiro atoms. The van der Waals surface area contributed by atoms with Gasteiger partial charge in [-0.15, -0.1) is 0 Å². The van der Waals surface area contributed by atoms with Crippen molar-refractivity contribution in [3.05, 3.63) is 0 Å². The maximum atomic E-state index is 9.63. The molecule has 3 heteroatoms. The quantitative estimate of drug-likeness (QED) is 0.426. The largest absolute Gasteiger partial charge is 0.388 e. The highest BCUT2D eigenvalue weighted by Crippen LogP contribution is 2.37. The maximum absolute atomic E-state index is 9.63. The Morgan fingerprint density at radius 2 is 2.20 bits per heavy atom. The van der Waals surface area contributed by atoms with E-state index in [0.29, 0.717) is 12.3 Å². The first-order chi connectivity index (χ1) is 4.72. The molecule has 0 aromatic heterocycles. The lowest BCUT2D eigenvalue weighted by molar-refractivity contribution is -0.106. The smallest absolute Gasteiger partial charge is 0.142 e. The molecule has 3 unspecified atom stereocenters. The van der Waals surface area contributed by atoms with Crippen molar-refractivity contribution in [1.82, 2.24) is 5.32 Å². The fourth-order valence-electron chi connectivity index (χ4n) is 2.07. The van der Waals surface area contributed by atoms with Gasteiger partial charge in [-0.3, -0.25) is 5.32 Å². The fraction of sp³-hybridized carbons (Fsp3) is 1.00. The number of hydrogen-bond donors (Lipinski definition) is 3. The molecule has 0 aromatic carbocycles. The fourth-order valence-corrected chi connectivity index (χ4v) is 2.07. The van der Waals surface area contributed by atoms with Gasteiger partial charge < -0.3 is 10.2 Å². The van der Waals surface area contributed by atoms with Gasteiger partial charge in [0, 0.05) is 0 Å². The molecule has 0 amide bonds. The van der Waals surface area contributed by atoms with E-state index >= 15 is 0 Å². The van der Waals surface area contributed by atoms with Crippen LogP contribution in [0.15, 0.2) is 0 Å². The van der Waals surface area contributed by atoms with Crippen LogP contribution in [0.1, 0.15) is 19.3 Å². The minimum atomic E-state index is -0.942.